The molecule has 4 aromatic rings. The van der Waals surface area contributed by atoms with Gasteiger partial charge < -0.3 is 39.5 Å². The lowest BCUT2D eigenvalue weighted by Gasteiger charge is -2.26. The molecule has 0 aliphatic carbocycles. The number of nitriles is 1. The summed E-state index contributed by atoms with van der Waals surface area (Å²) in [5.41, 5.74) is 8.16. The second-order valence-corrected chi connectivity index (χ2v) is 11.4. The molecule has 13 heteroatoms. The molecule has 1 aliphatic rings. The summed E-state index contributed by atoms with van der Waals surface area (Å²) in [5, 5.41) is 13.5. The number of hydrogen-bond acceptors (Lipinski definition) is 11. The predicted molar refractivity (Wildman–Crippen MR) is 181 cm³/mol. The van der Waals surface area contributed by atoms with Crippen LogP contribution in [0.25, 0.3) is 17.5 Å². The first-order chi connectivity index (χ1) is 23.2. The molecule has 1 unspecified atom stereocenters. The van der Waals surface area contributed by atoms with Gasteiger partial charge in [-0.15, -0.1) is 11.3 Å². The van der Waals surface area contributed by atoms with Crippen LogP contribution in [0.3, 0.4) is 0 Å². The van der Waals surface area contributed by atoms with Gasteiger partial charge in [-0.3, -0.25) is 14.2 Å². The van der Waals surface area contributed by atoms with Crippen molar-refractivity contribution in [2.75, 3.05) is 42.7 Å². The molecule has 0 saturated heterocycles. The molecule has 1 aliphatic heterocycles. The largest absolute Gasteiger partial charge is 0.493 e. The van der Waals surface area contributed by atoms with Crippen LogP contribution in [0.4, 0.5) is 0 Å². The van der Waals surface area contributed by atoms with Crippen LogP contribution in [0.5, 0.6) is 34.5 Å². The minimum absolute atomic E-state index is 0.000806. The monoisotopic (exact) mass is 670 g/mol. The number of allylic oxidation sites excluding steroid dienone is 1. The molecule has 48 heavy (non-hydrogen) atoms. The number of nitrogens with two attached hydrogens (primary N) is 1. The molecule has 5 rings (SSSR count). The van der Waals surface area contributed by atoms with Crippen molar-refractivity contribution in [3.8, 4) is 40.6 Å². The van der Waals surface area contributed by atoms with E-state index in [9.17, 15) is 14.9 Å². The fourth-order valence-corrected chi connectivity index (χ4v) is 6.75. The number of rotatable bonds is 11. The van der Waals surface area contributed by atoms with E-state index >= 15 is 0 Å². The molecular weight excluding hydrogens is 636 g/mol. The van der Waals surface area contributed by atoms with Gasteiger partial charge in [-0.1, -0.05) is 30.3 Å². The normalized spacial score (nSPS) is 14.1. The van der Waals surface area contributed by atoms with E-state index in [1.807, 2.05) is 30.3 Å². The highest BCUT2D eigenvalue weighted by Crippen LogP contribution is 2.44. The van der Waals surface area contributed by atoms with Gasteiger partial charge in [-0.05, 0) is 47.0 Å². The SMILES string of the molecule is COc1cc(/C=c2/sc3n(c2=O)C(N)=C(C#N)C(c2cc(OC)c(OC)c(OC)c2)C=3C(=O)NCc2ccccc2)cc(OC)c1OC. The van der Waals surface area contributed by atoms with Crippen molar-refractivity contribution in [2.45, 2.75) is 12.5 Å². The molecule has 1 aromatic heterocycles. The van der Waals surface area contributed by atoms with Crippen LogP contribution in [0.15, 0.2) is 65.0 Å². The van der Waals surface area contributed by atoms with Crippen molar-refractivity contribution in [2.24, 2.45) is 5.73 Å². The summed E-state index contributed by atoms with van der Waals surface area (Å²) in [4.78, 5) is 28.3. The molecule has 3 aromatic carbocycles. The van der Waals surface area contributed by atoms with Crippen molar-refractivity contribution >= 4 is 34.7 Å². The van der Waals surface area contributed by atoms with E-state index in [2.05, 4.69) is 11.4 Å². The van der Waals surface area contributed by atoms with Crippen molar-refractivity contribution in [1.82, 2.24) is 9.88 Å². The Morgan fingerprint density at radius 2 is 1.44 bits per heavy atom. The number of thiazole rings is 1. The maximum atomic E-state index is 14.3. The molecule has 0 fully saturated rings. The van der Waals surface area contributed by atoms with Crippen molar-refractivity contribution in [3.05, 3.63) is 96.4 Å². The van der Waals surface area contributed by atoms with Crippen molar-refractivity contribution in [1.29, 1.82) is 5.26 Å². The van der Waals surface area contributed by atoms with Gasteiger partial charge in [0.1, 0.15) is 10.5 Å². The van der Waals surface area contributed by atoms with E-state index in [0.717, 1.165) is 16.9 Å². The van der Waals surface area contributed by atoms with Crippen LogP contribution in [-0.4, -0.2) is 53.1 Å². The number of fused-ring (bicyclic) bond motifs is 1. The zero-order valence-electron chi connectivity index (χ0n) is 27.2. The van der Waals surface area contributed by atoms with E-state index in [1.165, 1.54) is 47.2 Å². The summed E-state index contributed by atoms with van der Waals surface area (Å²) in [6.07, 6.45) is 1.63. The topological polar surface area (TPSA) is 156 Å². The molecule has 2 heterocycles. The molecular formula is C35H34N4O8S. The van der Waals surface area contributed by atoms with Crippen LogP contribution in [0, 0.1) is 11.3 Å². The molecule has 0 saturated carbocycles. The lowest BCUT2D eigenvalue weighted by molar-refractivity contribution is -0.116. The number of amides is 1. The lowest BCUT2D eigenvalue weighted by Crippen LogP contribution is -2.42. The lowest BCUT2D eigenvalue weighted by atomic mass is 9.83. The Labute approximate surface area is 280 Å². The summed E-state index contributed by atoms with van der Waals surface area (Å²) in [6, 6.07) is 18.2. The third-order valence-electron chi connectivity index (χ3n) is 7.81. The number of carbonyl (C=O) groups excluding carboxylic acids is 1. The summed E-state index contributed by atoms with van der Waals surface area (Å²) in [7, 11) is 8.90. The maximum absolute atomic E-state index is 14.3. The molecule has 0 radical (unpaired) electrons. The number of carbonyl (C=O) groups is 1. The average Bonchev–Trinajstić information content (AvgIpc) is 3.44. The maximum Gasteiger partial charge on any atom is 0.274 e. The standard InChI is InChI=1S/C35H34N4O8S/c1-42-23-12-20(13-24(43-2)30(23)46-5)14-27-34(41)39-32(37)22(17-36)28(21-15-25(44-3)31(47-6)26(16-21)45-4)29(35(39)48-27)33(40)38-18-19-10-8-7-9-11-19/h7-16,28H,18,37H2,1-6H3,(H,38,40)/b27-14+. The van der Waals surface area contributed by atoms with Gasteiger partial charge in [0.25, 0.3) is 11.5 Å². The van der Waals surface area contributed by atoms with E-state index in [1.54, 1.807) is 30.3 Å². The Morgan fingerprint density at radius 3 is 1.94 bits per heavy atom. The molecule has 1 amide bonds. The van der Waals surface area contributed by atoms with Gasteiger partial charge in [0.2, 0.25) is 11.5 Å². The number of ether oxygens (including phenoxy) is 6. The number of aromatic nitrogens is 1. The highest BCUT2D eigenvalue weighted by Gasteiger charge is 2.36. The van der Waals surface area contributed by atoms with Crippen molar-refractivity contribution < 1.29 is 33.2 Å². The van der Waals surface area contributed by atoms with Gasteiger partial charge in [-0.25, -0.2) is 0 Å². The quantitative estimate of drug-likeness (QED) is 0.243. The highest BCUT2D eigenvalue weighted by molar-refractivity contribution is 7.07. The molecule has 1 atom stereocenters. The number of benzene rings is 3. The van der Waals surface area contributed by atoms with E-state index in [-0.39, 0.29) is 32.7 Å². The summed E-state index contributed by atoms with van der Waals surface area (Å²) < 4.78 is 34.8. The molecule has 0 spiro atoms. The molecule has 12 nitrogen and oxygen atoms in total. The van der Waals surface area contributed by atoms with Gasteiger partial charge in [0.15, 0.2) is 23.0 Å². The van der Waals surface area contributed by atoms with E-state index in [0.29, 0.717) is 45.6 Å². The second-order valence-electron chi connectivity index (χ2n) is 10.4. The molecule has 248 valence electrons. The number of methoxy groups -OCH3 is 6. The van der Waals surface area contributed by atoms with Gasteiger partial charge in [-0.2, -0.15) is 5.26 Å². The van der Waals surface area contributed by atoms with Crippen LogP contribution in [0.2, 0.25) is 0 Å². The number of nitrogens with one attached hydrogen (secondary N) is 1. The Morgan fingerprint density at radius 1 is 0.896 bits per heavy atom. The van der Waals surface area contributed by atoms with E-state index < -0.39 is 17.4 Å². The predicted octanol–water partition coefficient (Wildman–Crippen LogP) is 2.71. The van der Waals surface area contributed by atoms with E-state index in [4.69, 9.17) is 34.2 Å². The van der Waals surface area contributed by atoms with Gasteiger partial charge >= 0.3 is 0 Å². The first-order valence-corrected chi connectivity index (χ1v) is 15.4. The first kappa shape index (κ1) is 33.5. The Bertz CT molecular complexity index is 2080. The summed E-state index contributed by atoms with van der Waals surface area (Å²) in [5.74, 6) is 0.561. The zero-order valence-corrected chi connectivity index (χ0v) is 28.0. The Hall–Kier alpha value is -5.87. The number of hydrogen-bond donors (Lipinski definition) is 2. The van der Waals surface area contributed by atoms with Gasteiger partial charge in [0.05, 0.1) is 70.3 Å². The second kappa shape index (κ2) is 14.3. The van der Waals surface area contributed by atoms with Crippen LogP contribution >= 0.6 is 11.3 Å². The zero-order chi connectivity index (χ0) is 34.5. The molecule has 3 N–H and O–H groups in total. The minimum Gasteiger partial charge on any atom is -0.493 e. The fraction of sp³-hybridized carbons (Fsp3) is 0.229. The van der Waals surface area contributed by atoms with Gasteiger partial charge in [0, 0.05) is 6.54 Å². The average molecular weight is 671 g/mol. The summed E-state index contributed by atoms with van der Waals surface area (Å²) >= 11 is 1.07. The third-order valence-corrected chi connectivity index (χ3v) is 8.92. The highest BCUT2D eigenvalue weighted by atomic mass is 32.1. The Balaban J connectivity index is 1.81. The third kappa shape index (κ3) is 6.01. The van der Waals surface area contributed by atoms with Crippen LogP contribution in [-0.2, 0) is 11.3 Å². The van der Waals surface area contributed by atoms with Crippen LogP contribution in [0.1, 0.15) is 22.6 Å². The van der Waals surface area contributed by atoms with Crippen molar-refractivity contribution in [3.63, 3.8) is 0 Å². The molecule has 0 bridgehead atoms. The summed E-state index contributed by atoms with van der Waals surface area (Å²) in [6.45, 7) is 0.201. The minimum atomic E-state index is -0.994. The first-order valence-electron chi connectivity index (χ1n) is 14.5. The van der Waals surface area contributed by atoms with Crippen LogP contribution < -0.4 is 54.2 Å². The number of nitrogens with zero attached hydrogens (tertiary/aromatic N) is 2. The smallest absolute Gasteiger partial charge is 0.274 e. The fourth-order valence-electron chi connectivity index (χ4n) is 5.58. The Kier molecular flexibility index (Phi) is 9.96.